The van der Waals surface area contributed by atoms with E-state index < -0.39 is 0 Å². The highest BCUT2D eigenvalue weighted by Gasteiger charge is 2.07. The van der Waals surface area contributed by atoms with Gasteiger partial charge >= 0.3 is 0 Å². The van der Waals surface area contributed by atoms with Crippen LogP contribution in [0, 0.1) is 3.57 Å². The lowest BCUT2D eigenvalue weighted by atomic mass is 10.0. The molecule has 0 aliphatic rings. The number of halogens is 1. The highest BCUT2D eigenvalue weighted by atomic mass is 127. The molecule has 0 bridgehead atoms. The molecule has 90 valence electrons. The van der Waals surface area contributed by atoms with Crippen LogP contribution in [0.25, 0.3) is 0 Å². The Balaban J connectivity index is 2.33. The zero-order chi connectivity index (χ0) is 12.0. The van der Waals surface area contributed by atoms with E-state index in [4.69, 9.17) is 10.5 Å². The van der Waals surface area contributed by atoms with Gasteiger partial charge in [0.25, 0.3) is 0 Å². The van der Waals surface area contributed by atoms with E-state index in [0.717, 1.165) is 19.3 Å². The van der Waals surface area contributed by atoms with Gasteiger partial charge in [0.15, 0.2) is 0 Å². The van der Waals surface area contributed by atoms with Gasteiger partial charge in [0, 0.05) is 16.7 Å². The summed E-state index contributed by atoms with van der Waals surface area (Å²) in [5.41, 5.74) is 7.41. The lowest BCUT2D eigenvalue weighted by Gasteiger charge is -2.14. The van der Waals surface area contributed by atoms with Crippen molar-refractivity contribution in [2.75, 3.05) is 7.11 Å². The van der Waals surface area contributed by atoms with Crippen molar-refractivity contribution < 1.29 is 4.74 Å². The molecule has 2 N–H and O–H groups in total. The molecule has 0 aromatic heterocycles. The first-order chi connectivity index (χ1) is 7.61. The third-order valence-corrected chi connectivity index (χ3v) is 3.48. The minimum atomic E-state index is 0.234. The summed E-state index contributed by atoms with van der Waals surface area (Å²) >= 11 is 2.31. The van der Waals surface area contributed by atoms with Crippen molar-refractivity contribution in [3.8, 4) is 0 Å². The maximum absolute atomic E-state index is 6.09. The molecule has 0 aliphatic carbocycles. The number of hydrogen-bond acceptors (Lipinski definition) is 2. The minimum absolute atomic E-state index is 0.234. The smallest absolute Gasteiger partial charge is 0.0543 e. The molecule has 0 spiro atoms. The van der Waals surface area contributed by atoms with E-state index in [1.807, 2.05) is 0 Å². The second kappa shape index (κ2) is 7.25. The molecule has 0 fully saturated rings. The standard InChI is InChI=1S/C13H20INO/c1-10(16-2)3-8-13(15)9-11-4-6-12(14)7-5-11/h4-7,10,13H,3,8-9,15H2,1-2H3. The zero-order valence-electron chi connectivity index (χ0n) is 9.95. The van der Waals surface area contributed by atoms with E-state index >= 15 is 0 Å². The first kappa shape index (κ1) is 13.9. The molecule has 1 rings (SSSR count). The summed E-state index contributed by atoms with van der Waals surface area (Å²) in [6.45, 7) is 2.08. The average molecular weight is 333 g/mol. The van der Waals surface area contributed by atoms with E-state index in [2.05, 4.69) is 53.8 Å². The monoisotopic (exact) mass is 333 g/mol. The zero-order valence-corrected chi connectivity index (χ0v) is 12.1. The van der Waals surface area contributed by atoms with Gasteiger partial charge in [-0.3, -0.25) is 0 Å². The molecule has 0 amide bonds. The van der Waals surface area contributed by atoms with Gasteiger partial charge in [-0.2, -0.15) is 0 Å². The fourth-order valence-corrected chi connectivity index (χ4v) is 1.95. The van der Waals surface area contributed by atoms with Crippen LogP contribution in [-0.4, -0.2) is 19.3 Å². The highest BCUT2D eigenvalue weighted by Crippen LogP contribution is 2.11. The summed E-state index contributed by atoms with van der Waals surface area (Å²) < 4.78 is 6.48. The normalized spacial score (nSPS) is 14.8. The molecule has 2 nitrogen and oxygen atoms in total. The third-order valence-electron chi connectivity index (χ3n) is 2.76. The number of nitrogens with two attached hydrogens (primary N) is 1. The first-order valence-electron chi connectivity index (χ1n) is 5.64. The van der Waals surface area contributed by atoms with Crippen molar-refractivity contribution in [3.63, 3.8) is 0 Å². The van der Waals surface area contributed by atoms with Gasteiger partial charge in [-0.1, -0.05) is 12.1 Å². The van der Waals surface area contributed by atoms with Crippen LogP contribution in [0.3, 0.4) is 0 Å². The lowest BCUT2D eigenvalue weighted by Crippen LogP contribution is -2.24. The summed E-state index contributed by atoms with van der Waals surface area (Å²) in [6.07, 6.45) is 3.30. The van der Waals surface area contributed by atoms with E-state index in [0.29, 0.717) is 6.10 Å². The Labute approximate surface area is 112 Å². The molecule has 16 heavy (non-hydrogen) atoms. The number of benzene rings is 1. The van der Waals surface area contributed by atoms with Gasteiger partial charge in [-0.25, -0.2) is 0 Å². The van der Waals surface area contributed by atoms with Crippen LogP contribution in [0.4, 0.5) is 0 Å². The number of rotatable bonds is 6. The number of ether oxygens (including phenoxy) is 1. The van der Waals surface area contributed by atoms with Crippen LogP contribution in [-0.2, 0) is 11.2 Å². The van der Waals surface area contributed by atoms with Gasteiger partial charge in [0.2, 0.25) is 0 Å². The average Bonchev–Trinajstić information content (AvgIpc) is 2.29. The van der Waals surface area contributed by atoms with Gasteiger partial charge in [-0.15, -0.1) is 0 Å². The Morgan fingerprint density at radius 1 is 1.25 bits per heavy atom. The lowest BCUT2D eigenvalue weighted by molar-refractivity contribution is 0.107. The van der Waals surface area contributed by atoms with Crippen LogP contribution in [0.1, 0.15) is 25.3 Å². The maximum atomic E-state index is 6.09. The van der Waals surface area contributed by atoms with Crippen molar-refractivity contribution in [2.24, 2.45) is 5.73 Å². The van der Waals surface area contributed by atoms with Gasteiger partial charge in [0.05, 0.1) is 6.10 Å². The molecule has 0 saturated carbocycles. The topological polar surface area (TPSA) is 35.2 Å². The largest absolute Gasteiger partial charge is 0.382 e. The predicted octanol–water partition coefficient (Wildman–Crippen LogP) is 2.98. The summed E-state index contributed by atoms with van der Waals surface area (Å²) in [7, 11) is 1.75. The Morgan fingerprint density at radius 3 is 2.44 bits per heavy atom. The van der Waals surface area contributed by atoms with Gasteiger partial charge in [0.1, 0.15) is 0 Å². The molecule has 0 radical (unpaired) electrons. The van der Waals surface area contributed by atoms with Crippen molar-refractivity contribution in [1.82, 2.24) is 0 Å². The van der Waals surface area contributed by atoms with E-state index in [9.17, 15) is 0 Å². The van der Waals surface area contributed by atoms with Crippen molar-refractivity contribution in [2.45, 2.75) is 38.3 Å². The van der Waals surface area contributed by atoms with Crippen LogP contribution >= 0.6 is 22.6 Å². The Bertz CT molecular complexity index is 299. The third kappa shape index (κ3) is 5.27. The molecular weight excluding hydrogens is 313 g/mol. The van der Waals surface area contributed by atoms with Crippen LogP contribution in [0.2, 0.25) is 0 Å². The molecule has 2 unspecified atom stereocenters. The number of methoxy groups -OCH3 is 1. The quantitative estimate of drug-likeness (QED) is 0.813. The predicted molar refractivity (Wildman–Crippen MR) is 76.5 cm³/mol. The Hall–Kier alpha value is -0.130. The molecule has 0 saturated heterocycles. The second-order valence-corrected chi connectivity index (χ2v) is 5.46. The maximum Gasteiger partial charge on any atom is 0.0543 e. The molecule has 3 heteroatoms. The van der Waals surface area contributed by atoms with Crippen LogP contribution in [0.15, 0.2) is 24.3 Å². The van der Waals surface area contributed by atoms with E-state index in [1.165, 1.54) is 9.13 Å². The molecule has 1 aromatic rings. The molecular formula is C13H20INO. The second-order valence-electron chi connectivity index (χ2n) is 4.21. The molecule has 2 atom stereocenters. The van der Waals surface area contributed by atoms with Crippen molar-refractivity contribution >= 4 is 22.6 Å². The number of hydrogen-bond donors (Lipinski definition) is 1. The van der Waals surface area contributed by atoms with Crippen LogP contribution < -0.4 is 5.73 Å². The SMILES string of the molecule is COC(C)CCC(N)Cc1ccc(I)cc1. The van der Waals surface area contributed by atoms with Crippen LogP contribution in [0.5, 0.6) is 0 Å². The Morgan fingerprint density at radius 2 is 1.88 bits per heavy atom. The minimum Gasteiger partial charge on any atom is -0.382 e. The van der Waals surface area contributed by atoms with Crippen molar-refractivity contribution in [1.29, 1.82) is 0 Å². The Kier molecular flexibility index (Phi) is 6.31. The summed E-state index contributed by atoms with van der Waals surface area (Å²) in [5.74, 6) is 0. The summed E-state index contributed by atoms with van der Waals surface area (Å²) in [4.78, 5) is 0. The molecule has 0 aliphatic heterocycles. The van der Waals surface area contributed by atoms with E-state index in [1.54, 1.807) is 7.11 Å². The van der Waals surface area contributed by atoms with Gasteiger partial charge in [-0.05, 0) is 66.5 Å². The molecule has 0 heterocycles. The fourth-order valence-electron chi connectivity index (χ4n) is 1.59. The first-order valence-corrected chi connectivity index (χ1v) is 6.72. The highest BCUT2D eigenvalue weighted by molar-refractivity contribution is 14.1. The molecule has 1 aromatic carbocycles. The fraction of sp³-hybridized carbons (Fsp3) is 0.538. The summed E-state index contributed by atoms with van der Waals surface area (Å²) in [5, 5.41) is 0. The van der Waals surface area contributed by atoms with Gasteiger partial charge < -0.3 is 10.5 Å². The summed E-state index contributed by atoms with van der Waals surface area (Å²) in [6, 6.07) is 8.79. The van der Waals surface area contributed by atoms with E-state index in [-0.39, 0.29) is 6.04 Å². The van der Waals surface area contributed by atoms with Crippen molar-refractivity contribution in [3.05, 3.63) is 33.4 Å².